The van der Waals surface area contributed by atoms with Gasteiger partial charge in [-0.25, -0.2) is 13.3 Å². The molecule has 1 aliphatic heterocycles. The van der Waals surface area contributed by atoms with Crippen molar-refractivity contribution in [2.75, 3.05) is 26.6 Å². The van der Waals surface area contributed by atoms with E-state index < -0.39 is 27.8 Å². The predicted octanol–water partition coefficient (Wildman–Crippen LogP) is -1.55. The summed E-state index contributed by atoms with van der Waals surface area (Å²) in [6.45, 7) is -0.147. The second-order valence-electron chi connectivity index (χ2n) is 4.20. The Morgan fingerprint density at radius 3 is 2.06 bits per heavy atom. The number of quaternary nitrogens is 1. The van der Waals surface area contributed by atoms with Crippen LogP contribution in [0.2, 0.25) is 0 Å². The number of imide groups is 1. The largest absolute Gasteiger partial charge is 0.744 e. The highest BCUT2D eigenvalue weighted by Crippen LogP contribution is 2.09. The molecule has 0 fully saturated rings. The van der Waals surface area contributed by atoms with Crippen molar-refractivity contribution in [1.29, 1.82) is 0 Å². The molecule has 1 aliphatic rings. The molecule has 0 aromatic heterocycles. The van der Waals surface area contributed by atoms with Crippen molar-refractivity contribution in [1.82, 2.24) is 4.90 Å². The van der Waals surface area contributed by atoms with Gasteiger partial charge in [0.1, 0.15) is 10.1 Å². The van der Waals surface area contributed by atoms with Crippen LogP contribution < -0.4 is 0 Å². The van der Waals surface area contributed by atoms with Gasteiger partial charge in [-0.2, -0.15) is 0 Å². The molecule has 0 aliphatic carbocycles. The maximum atomic E-state index is 11.2. The smallest absolute Gasteiger partial charge is 0.258 e. The third kappa shape index (κ3) is 3.40. The number of hydrogen-bond donors (Lipinski definition) is 0. The van der Waals surface area contributed by atoms with Gasteiger partial charge in [0.05, 0.1) is 14.1 Å². The molecule has 0 bridgehead atoms. The van der Waals surface area contributed by atoms with Crippen LogP contribution >= 0.6 is 0 Å². The van der Waals surface area contributed by atoms with Gasteiger partial charge in [0.2, 0.25) is 0 Å². The number of nitrogens with zero attached hydrogens (tertiary/aromatic N) is 2. The Hall–Kier alpha value is -1.25. The minimum Gasteiger partial charge on any atom is -0.744 e. The second-order valence-corrected chi connectivity index (χ2v) is 5.58. The van der Waals surface area contributed by atoms with Crippen LogP contribution in [-0.2, 0) is 19.7 Å². The molecule has 0 spiro atoms. The van der Waals surface area contributed by atoms with Crippen molar-refractivity contribution in [3.8, 4) is 0 Å². The zero-order valence-electron chi connectivity index (χ0n) is 8.91. The summed E-state index contributed by atoms with van der Waals surface area (Å²) >= 11 is 0. The van der Waals surface area contributed by atoms with E-state index in [1.165, 1.54) is 14.1 Å². The zero-order chi connectivity index (χ0) is 12.6. The van der Waals surface area contributed by atoms with Crippen molar-refractivity contribution < 1.29 is 27.0 Å². The lowest BCUT2D eigenvalue weighted by atomic mass is 10.5. The van der Waals surface area contributed by atoms with Gasteiger partial charge in [0.25, 0.3) is 11.8 Å². The van der Waals surface area contributed by atoms with Crippen molar-refractivity contribution in [2.24, 2.45) is 0 Å². The van der Waals surface area contributed by atoms with E-state index in [1.54, 1.807) is 0 Å². The number of amides is 2. The molecule has 90 valence electrons. The first-order valence-electron chi connectivity index (χ1n) is 4.40. The Balaban J connectivity index is 2.74. The summed E-state index contributed by atoms with van der Waals surface area (Å²) in [5.41, 5.74) is 0. The summed E-state index contributed by atoms with van der Waals surface area (Å²) in [5, 5.41) is 0. The molecule has 0 saturated heterocycles. The number of rotatable bonds is 4. The van der Waals surface area contributed by atoms with E-state index in [-0.39, 0.29) is 11.2 Å². The van der Waals surface area contributed by atoms with Crippen LogP contribution in [0.1, 0.15) is 0 Å². The highest BCUT2D eigenvalue weighted by atomic mass is 32.2. The van der Waals surface area contributed by atoms with Crippen LogP contribution in [0.3, 0.4) is 0 Å². The average Bonchev–Trinajstić information content (AvgIpc) is 2.30. The molecule has 1 heterocycles. The molecule has 0 unspecified atom stereocenters. The summed E-state index contributed by atoms with van der Waals surface area (Å²) in [4.78, 5) is 23.3. The number of carbonyl (C=O) groups excluding carboxylic acids is 2. The molecule has 0 atom stereocenters. The molecule has 8 heteroatoms. The maximum Gasteiger partial charge on any atom is 0.258 e. The van der Waals surface area contributed by atoms with E-state index in [9.17, 15) is 22.6 Å². The van der Waals surface area contributed by atoms with Crippen molar-refractivity contribution >= 4 is 21.9 Å². The van der Waals surface area contributed by atoms with Gasteiger partial charge in [0, 0.05) is 12.2 Å². The average molecular weight is 248 g/mol. The first-order chi connectivity index (χ1) is 7.11. The van der Waals surface area contributed by atoms with Crippen LogP contribution in [0.4, 0.5) is 0 Å². The summed E-state index contributed by atoms with van der Waals surface area (Å²) < 4.78 is 31.6. The van der Waals surface area contributed by atoms with Gasteiger partial charge < -0.3 is 4.55 Å². The quantitative estimate of drug-likeness (QED) is 0.341. The lowest BCUT2D eigenvalue weighted by Crippen LogP contribution is -2.52. The van der Waals surface area contributed by atoms with Crippen molar-refractivity contribution in [3.05, 3.63) is 12.2 Å². The van der Waals surface area contributed by atoms with E-state index >= 15 is 0 Å². The molecular formula is C8H12N2O5S. The van der Waals surface area contributed by atoms with Crippen molar-refractivity contribution in [3.63, 3.8) is 0 Å². The number of hydrogen-bond acceptors (Lipinski definition) is 5. The predicted molar refractivity (Wildman–Crippen MR) is 52.5 cm³/mol. The third-order valence-corrected chi connectivity index (χ3v) is 2.95. The lowest BCUT2D eigenvalue weighted by molar-refractivity contribution is -0.886. The molecular weight excluding hydrogens is 236 g/mol. The molecule has 1 rings (SSSR count). The van der Waals surface area contributed by atoms with Gasteiger partial charge in [-0.05, 0) is 0 Å². The minimum absolute atomic E-state index is 0.147. The molecule has 0 aromatic carbocycles. The maximum absolute atomic E-state index is 11.2. The Morgan fingerprint density at radius 2 is 1.69 bits per heavy atom. The molecule has 2 amide bonds. The molecule has 0 aromatic rings. The fourth-order valence-electron chi connectivity index (χ4n) is 1.42. The first kappa shape index (κ1) is 12.8. The van der Waals surface area contributed by atoms with E-state index in [1.807, 2.05) is 0 Å². The molecule has 16 heavy (non-hydrogen) atoms. The van der Waals surface area contributed by atoms with Crippen LogP contribution in [0.25, 0.3) is 0 Å². The van der Waals surface area contributed by atoms with Crippen LogP contribution in [0.5, 0.6) is 0 Å². The molecule has 0 radical (unpaired) electrons. The SMILES string of the molecule is C[N+](C)(CN1C(=O)C=CC1=O)CS(=O)(=O)[O-]. The van der Waals surface area contributed by atoms with Gasteiger partial charge in [-0.1, -0.05) is 0 Å². The van der Waals surface area contributed by atoms with Gasteiger partial charge in [-0.15, -0.1) is 0 Å². The Morgan fingerprint density at radius 1 is 1.25 bits per heavy atom. The lowest BCUT2D eigenvalue weighted by Gasteiger charge is -2.33. The van der Waals surface area contributed by atoms with Crippen molar-refractivity contribution in [2.45, 2.75) is 0 Å². The summed E-state index contributed by atoms with van der Waals surface area (Å²) in [6.07, 6.45) is 2.21. The standard InChI is InChI=1S/C8H12N2O5S/c1-10(2,6-16(13,14)15)5-9-7(11)3-4-8(9)12/h3-4H,5-6H2,1-2H3. The van der Waals surface area contributed by atoms with Crippen LogP contribution in [-0.4, -0.2) is 60.8 Å². The molecule has 0 N–H and O–H groups in total. The number of carbonyl (C=O) groups is 2. The van der Waals surface area contributed by atoms with E-state index in [4.69, 9.17) is 0 Å². The fraction of sp³-hybridized carbons (Fsp3) is 0.500. The Labute approximate surface area is 93.3 Å². The van der Waals surface area contributed by atoms with Gasteiger partial charge in [0.15, 0.2) is 12.5 Å². The normalized spacial score (nSPS) is 17.3. The van der Waals surface area contributed by atoms with Gasteiger partial charge in [-0.3, -0.25) is 14.1 Å². The monoisotopic (exact) mass is 248 g/mol. The molecule has 7 nitrogen and oxygen atoms in total. The highest BCUT2D eigenvalue weighted by molar-refractivity contribution is 7.85. The minimum atomic E-state index is -4.41. The fourth-order valence-corrected chi connectivity index (χ4v) is 2.36. The van der Waals surface area contributed by atoms with E-state index in [0.29, 0.717) is 0 Å². The third-order valence-electron chi connectivity index (χ3n) is 1.93. The van der Waals surface area contributed by atoms with E-state index in [0.717, 1.165) is 17.1 Å². The second kappa shape index (κ2) is 3.96. The summed E-state index contributed by atoms with van der Waals surface area (Å²) in [5.74, 6) is -1.68. The Bertz CT molecular complexity index is 433. The Kier molecular flexibility index (Phi) is 3.17. The summed E-state index contributed by atoms with van der Waals surface area (Å²) in [6, 6.07) is 0. The topological polar surface area (TPSA) is 94.6 Å². The molecule has 0 saturated carbocycles. The summed E-state index contributed by atoms with van der Waals surface area (Å²) in [7, 11) is -1.50. The van der Waals surface area contributed by atoms with Crippen LogP contribution in [0, 0.1) is 0 Å². The highest BCUT2D eigenvalue weighted by Gasteiger charge is 2.31. The van der Waals surface area contributed by atoms with Crippen LogP contribution in [0.15, 0.2) is 12.2 Å². The van der Waals surface area contributed by atoms with Gasteiger partial charge >= 0.3 is 0 Å². The van der Waals surface area contributed by atoms with E-state index in [2.05, 4.69) is 0 Å². The zero-order valence-corrected chi connectivity index (χ0v) is 9.73. The first-order valence-corrected chi connectivity index (χ1v) is 5.98.